The van der Waals surface area contributed by atoms with Crippen molar-refractivity contribution in [1.82, 2.24) is 10.2 Å². The molecule has 1 N–H and O–H groups in total. The second-order valence-electron chi connectivity index (χ2n) is 5.07. The van der Waals surface area contributed by atoms with Crippen molar-refractivity contribution in [3.05, 3.63) is 22.4 Å². The number of amides is 2. The Hall–Kier alpha value is -1.56. The quantitative estimate of drug-likeness (QED) is 0.849. The molecule has 0 radical (unpaired) electrons. The second-order valence-corrected chi connectivity index (χ2v) is 6.11. The summed E-state index contributed by atoms with van der Waals surface area (Å²) in [6, 6.07) is 4.05. The summed E-state index contributed by atoms with van der Waals surface area (Å²) in [6.45, 7) is 4.12. The Kier molecular flexibility index (Phi) is 6.04. The SMILES string of the molecule is CCOC(=O)C1CCN(C(=O)NCCc2cccs2)CC1. The Balaban J connectivity index is 1.67. The van der Waals surface area contributed by atoms with Crippen LogP contribution in [0.5, 0.6) is 0 Å². The van der Waals surface area contributed by atoms with Crippen LogP contribution in [0.2, 0.25) is 0 Å². The van der Waals surface area contributed by atoms with Crippen LogP contribution >= 0.6 is 11.3 Å². The van der Waals surface area contributed by atoms with E-state index in [1.54, 1.807) is 16.2 Å². The van der Waals surface area contributed by atoms with Crippen molar-refractivity contribution in [2.45, 2.75) is 26.2 Å². The van der Waals surface area contributed by atoms with Gasteiger partial charge in [0, 0.05) is 24.5 Å². The fourth-order valence-corrected chi connectivity index (χ4v) is 3.15. The number of piperidine rings is 1. The number of esters is 1. The average Bonchev–Trinajstić information content (AvgIpc) is 3.01. The number of nitrogens with zero attached hydrogens (tertiary/aromatic N) is 1. The van der Waals surface area contributed by atoms with E-state index in [0.717, 1.165) is 6.42 Å². The number of urea groups is 1. The molecule has 2 amide bonds. The molecule has 0 aliphatic carbocycles. The molecule has 0 unspecified atom stereocenters. The number of thiophene rings is 1. The zero-order valence-electron chi connectivity index (χ0n) is 12.3. The molecule has 21 heavy (non-hydrogen) atoms. The van der Waals surface area contributed by atoms with Crippen molar-refractivity contribution in [1.29, 1.82) is 0 Å². The summed E-state index contributed by atoms with van der Waals surface area (Å²) < 4.78 is 5.03. The topological polar surface area (TPSA) is 58.6 Å². The zero-order valence-corrected chi connectivity index (χ0v) is 13.2. The van der Waals surface area contributed by atoms with Crippen LogP contribution in [-0.4, -0.2) is 43.1 Å². The molecule has 6 heteroatoms. The summed E-state index contributed by atoms with van der Waals surface area (Å²) in [4.78, 5) is 26.7. The zero-order chi connectivity index (χ0) is 15.1. The minimum Gasteiger partial charge on any atom is -0.466 e. The van der Waals surface area contributed by atoms with Gasteiger partial charge in [-0.2, -0.15) is 0 Å². The number of carbonyl (C=O) groups is 2. The fourth-order valence-electron chi connectivity index (χ4n) is 2.44. The van der Waals surface area contributed by atoms with Crippen LogP contribution in [-0.2, 0) is 16.0 Å². The number of nitrogens with one attached hydrogen (secondary N) is 1. The van der Waals surface area contributed by atoms with Gasteiger partial charge in [0.1, 0.15) is 0 Å². The highest BCUT2D eigenvalue weighted by Crippen LogP contribution is 2.18. The van der Waals surface area contributed by atoms with E-state index in [2.05, 4.69) is 11.4 Å². The van der Waals surface area contributed by atoms with Gasteiger partial charge in [-0.1, -0.05) is 6.07 Å². The maximum Gasteiger partial charge on any atom is 0.317 e. The van der Waals surface area contributed by atoms with Gasteiger partial charge < -0.3 is 15.0 Å². The van der Waals surface area contributed by atoms with Gasteiger partial charge in [-0.15, -0.1) is 11.3 Å². The molecule has 0 aromatic carbocycles. The number of hydrogen-bond donors (Lipinski definition) is 1. The van der Waals surface area contributed by atoms with Gasteiger partial charge in [0.2, 0.25) is 0 Å². The minimum absolute atomic E-state index is 0.0335. The maximum atomic E-state index is 12.0. The van der Waals surface area contributed by atoms with Crippen LogP contribution in [0.15, 0.2) is 17.5 Å². The number of ether oxygens (including phenoxy) is 1. The summed E-state index contributed by atoms with van der Waals surface area (Å²) in [5.41, 5.74) is 0. The molecular weight excluding hydrogens is 288 g/mol. The molecule has 1 aromatic rings. The lowest BCUT2D eigenvalue weighted by Gasteiger charge is -2.30. The highest BCUT2D eigenvalue weighted by Gasteiger charge is 2.27. The Morgan fingerprint density at radius 3 is 2.81 bits per heavy atom. The first-order chi connectivity index (χ1) is 10.2. The van der Waals surface area contributed by atoms with E-state index in [4.69, 9.17) is 4.74 Å². The van der Waals surface area contributed by atoms with Gasteiger partial charge in [0.15, 0.2) is 0 Å². The minimum atomic E-state index is -0.129. The normalized spacial score (nSPS) is 15.8. The van der Waals surface area contributed by atoms with Gasteiger partial charge in [-0.3, -0.25) is 4.79 Å². The van der Waals surface area contributed by atoms with E-state index in [0.29, 0.717) is 39.1 Å². The third-order valence-electron chi connectivity index (χ3n) is 3.63. The molecule has 1 fully saturated rings. The van der Waals surface area contributed by atoms with Crippen LogP contribution in [0.25, 0.3) is 0 Å². The van der Waals surface area contributed by atoms with Crippen molar-refractivity contribution in [2.24, 2.45) is 5.92 Å². The lowest BCUT2D eigenvalue weighted by Crippen LogP contribution is -2.46. The van der Waals surface area contributed by atoms with Crippen molar-refractivity contribution in [3.8, 4) is 0 Å². The van der Waals surface area contributed by atoms with Gasteiger partial charge in [0.05, 0.1) is 12.5 Å². The highest BCUT2D eigenvalue weighted by atomic mass is 32.1. The maximum absolute atomic E-state index is 12.0. The number of likely N-dealkylation sites (tertiary alicyclic amines) is 1. The lowest BCUT2D eigenvalue weighted by molar-refractivity contribution is -0.149. The molecule has 1 saturated heterocycles. The van der Waals surface area contributed by atoms with Crippen molar-refractivity contribution < 1.29 is 14.3 Å². The molecule has 2 rings (SSSR count). The third kappa shape index (κ3) is 4.74. The van der Waals surface area contributed by atoms with Crippen LogP contribution in [0.4, 0.5) is 4.79 Å². The third-order valence-corrected chi connectivity index (χ3v) is 4.57. The summed E-state index contributed by atoms with van der Waals surface area (Å²) in [6.07, 6.45) is 2.25. The van der Waals surface area contributed by atoms with E-state index in [9.17, 15) is 9.59 Å². The first kappa shape index (κ1) is 15.8. The fraction of sp³-hybridized carbons (Fsp3) is 0.600. The van der Waals surface area contributed by atoms with Gasteiger partial charge in [-0.05, 0) is 37.6 Å². The summed E-state index contributed by atoms with van der Waals surface area (Å²) in [7, 11) is 0. The molecule has 0 atom stereocenters. The van der Waals surface area contributed by atoms with E-state index in [-0.39, 0.29) is 17.9 Å². The molecular formula is C15H22N2O3S. The van der Waals surface area contributed by atoms with Crippen LogP contribution < -0.4 is 5.32 Å². The summed E-state index contributed by atoms with van der Waals surface area (Å²) in [5.74, 6) is -0.185. The van der Waals surface area contributed by atoms with E-state index >= 15 is 0 Å². The molecule has 1 aromatic heterocycles. The summed E-state index contributed by atoms with van der Waals surface area (Å²) in [5, 5.41) is 4.98. The van der Waals surface area contributed by atoms with E-state index in [1.165, 1.54) is 4.88 Å². The molecule has 0 spiro atoms. The van der Waals surface area contributed by atoms with Crippen molar-refractivity contribution in [3.63, 3.8) is 0 Å². The molecule has 1 aliphatic heterocycles. The molecule has 0 bridgehead atoms. The number of rotatable bonds is 5. The predicted molar refractivity (Wildman–Crippen MR) is 82.4 cm³/mol. The standard InChI is InChI=1S/C15H22N2O3S/c1-2-20-14(18)12-6-9-17(10-7-12)15(19)16-8-5-13-4-3-11-21-13/h3-4,11-12H,2,5-10H2,1H3,(H,16,19). The monoisotopic (exact) mass is 310 g/mol. The van der Waals surface area contributed by atoms with Crippen molar-refractivity contribution in [2.75, 3.05) is 26.2 Å². The van der Waals surface area contributed by atoms with Crippen LogP contribution in [0.1, 0.15) is 24.6 Å². The average molecular weight is 310 g/mol. The first-order valence-corrected chi connectivity index (χ1v) is 8.30. The molecule has 5 nitrogen and oxygen atoms in total. The van der Waals surface area contributed by atoms with Crippen LogP contribution in [0, 0.1) is 5.92 Å². The molecule has 116 valence electrons. The Morgan fingerprint density at radius 2 is 2.19 bits per heavy atom. The molecule has 2 heterocycles. The molecule has 1 aliphatic rings. The smallest absolute Gasteiger partial charge is 0.317 e. The largest absolute Gasteiger partial charge is 0.466 e. The van der Waals surface area contributed by atoms with Gasteiger partial charge in [0.25, 0.3) is 0 Å². The van der Waals surface area contributed by atoms with E-state index < -0.39 is 0 Å². The second kappa shape index (κ2) is 8.02. The highest BCUT2D eigenvalue weighted by molar-refractivity contribution is 7.09. The Labute approximate surface area is 129 Å². The lowest BCUT2D eigenvalue weighted by atomic mass is 9.97. The Bertz CT molecular complexity index is 453. The van der Waals surface area contributed by atoms with E-state index in [1.807, 2.05) is 18.4 Å². The predicted octanol–water partition coefficient (Wildman–Crippen LogP) is 2.28. The first-order valence-electron chi connectivity index (χ1n) is 7.42. The Morgan fingerprint density at radius 1 is 1.43 bits per heavy atom. The van der Waals surface area contributed by atoms with Crippen LogP contribution in [0.3, 0.4) is 0 Å². The number of carbonyl (C=O) groups excluding carboxylic acids is 2. The van der Waals surface area contributed by atoms with Gasteiger partial charge in [-0.25, -0.2) is 4.79 Å². The number of hydrogen-bond acceptors (Lipinski definition) is 4. The van der Waals surface area contributed by atoms with Crippen molar-refractivity contribution >= 4 is 23.3 Å². The van der Waals surface area contributed by atoms with Gasteiger partial charge >= 0.3 is 12.0 Å². The molecule has 0 saturated carbocycles. The summed E-state index contributed by atoms with van der Waals surface area (Å²) >= 11 is 1.70.